The average molecular weight is 218 g/mol. The molecule has 16 heavy (non-hydrogen) atoms. The summed E-state index contributed by atoms with van der Waals surface area (Å²) in [6, 6.07) is 2.92. The summed E-state index contributed by atoms with van der Waals surface area (Å²) in [6.45, 7) is 9.88. The summed E-state index contributed by atoms with van der Waals surface area (Å²) in [5, 5.41) is 3.52. The highest BCUT2D eigenvalue weighted by atomic mass is 14.9. The minimum absolute atomic E-state index is 0.158. The third-order valence-corrected chi connectivity index (χ3v) is 3.28. The summed E-state index contributed by atoms with van der Waals surface area (Å²) >= 11 is 0. The van der Waals surface area contributed by atoms with Gasteiger partial charge in [-0.15, -0.1) is 0 Å². The summed E-state index contributed by atoms with van der Waals surface area (Å²) in [5.41, 5.74) is 4.29. The quantitative estimate of drug-likeness (QED) is 0.825. The van der Waals surface area contributed by atoms with Crippen LogP contribution in [-0.2, 0) is 18.3 Å². The molecule has 1 aliphatic carbocycles. The molecule has 2 heteroatoms. The van der Waals surface area contributed by atoms with Crippen molar-refractivity contribution in [2.75, 3.05) is 6.54 Å². The topological polar surface area (TPSA) is 24.9 Å². The SMILES string of the molecule is CCNC1Cc2cnc(C(C)(C)C)cc2C1. The molecule has 0 amide bonds. The molecule has 1 aromatic heterocycles. The Kier molecular flexibility index (Phi) is 3.02. The van der Waals surface area contributed by atoms with Crippen LogP contribution in [-0.4, -0.2) is 17.6 Å². The van der Waals surface area contributed by atoms with Gasteiger partial charge in [0.05, 0.1) is 0 Å². The van der Waals surface area contributed by atoms with E-state index < -0.39 is 0 Å². The molecular formula is C14H22N2. The van der Waals surface area contributed by atoms with Crippen LogP contribution in [0, 0.1) is 0 Å². The fourth-order valence-corrected chi connectivity index (χ4v) is 2.35. The van der Waals surface area contributed by atoms with Crippen LogP contribution in [0.25, 0.3) is 0 Å². The molecule has 1 unspecified atom stereocenters. The second-order valence-electron chi connectivity index (χ2n) is 5.75. The van der Waals surface area contributed by atoms with Crippen LogP contribution in [0.2, 0.25) is 0 Å². The number of nitrogens with zero attached hydrogens (tertiary/aromatic N) is 1. The molecule has 0 aromatic carbocycles. The lowest BCUT2D eigenvalue weighted by molar-refractivity contribution is 0.551. The van der Waals surface area contributed by atoms with Crippen LogP contribution < -0.4 is 5.32 Å². The number of aromatic nitrogens is 1. The van der Waals surface area contributed by atoms with Crippen molar-refractivity contribution in [2.45, 2.75) is 52.0 Å². The van der Waals surface area contributed by atoms with Crippen molar-refractivity contribution < 1.29 is 0 Å². The number of nitrogens with one attached hydrogen (secondary N) is 1. The van der Waals surface area contributed by atoms with Gasteiger partial charge in [-0.1, -0.05) is 27.7 Å². The molecule has 1 atom stereocenters. The van der Waals surface area contributed by atoms with Crippen molar-refractivity contribution in [3.05, 3.63) is 29.1 Å². The summed E-state index contributed by atoms with van der Waals surface area (Å²) in [4.78, 5) is 4.59. The fraction of sp³-hybridized carbons (Fsp3) is 0.643. The van der Waals surface area contributed by atoms with E-state index in [0.717, 1.165) is 19.4 Å². The van der Waals surface area contributed by atoms with Crippen LogP contribution in [0.3, 0.4) is 0 Å². The molecule has 1 N–H and O–H groups in total. The Balaban J connectivity index is 2.21. The monoisotopic (exact) mass is 218 g/mol. The first-order chi connectivity index (χ1) is 7.50. The average Bonchev–Trinajstić information content (AvgIpc) is 2.57. The highest BCUT2D eigenvalue weighted by molar-refractivity contribution is 5.34. The van der Waals surface area contributed by atoms with Crippen LogP contribution in [0.4, 0.5) is 0 Å². The van der Waals surface area contributed by atoms with Gasteiger partial charge in [0.25, 0.3) is 0 Å². The lowest BCUT2D eigenvalue weighted by Crippen LogP contribution is -2.28. The Hall–Kier alpha value is -0.890. The lowest BCUT2D eigenvalue weighted by atomic mass is 9.90. The van der Waals surface area contributed by atoms with E-state index in [1.165, 1.54) is 16.8 Å². The van der Waals surface area contributed by atoms with Crippen molar-refractivity contribution in [3.8, 4) is 0 Å². The van der Waals surface area contributed by atoms with E-state index in [2.05, 4.69) is 50.3 Å². The number of hydrogen-bond acceptors (Lipinski definition) is 2. The van der Waals surface area contributed by atoms with Gasteiger partial charge in [-0.2, -0.15) is 0 Å². The maximum Gasteiger partial charge on any atom is 0.0460 e. The van der Waals surface area contributed by atoms with E-state index in [0.29, 0.717) is 6.04 Å². The third kappa shape index (κ3) is 2.27. The Morgan fingerprint density at radius 1 is 1.31 bits per heavy atom. The molecule has 2 nitrogen and oxygen atoms in total. The summed E-state index contributed by atoms with van der Waals surface area (Å²) in [7, 11) is 0. The predicted octanol–water partition coefficient (Wildman–Crippen LogP) is 2.46. The van der Waals surface area contributed by atoms with Crippen LogP contribution >= 0.6 is 0 Å². The molecule has 0 radical (unpaired) electrons. The van der Waals surface area contributed by atoms with Crippen molar-refractivity contribution in [1.29, 1.82) is 0 Å². The molecular weight excluding hydrogens is 196 g/mol. The highest BCUT2D eigenvalue weighted by Gasteiger charge is 2.23. The zero-order valence-corrected chi connectivity index (χ0v) is 10.8. The van der Waals surface area contributed by atoms with Gasteiger partial charge in [0.1, 0.15) is 0 Å². The first kappa shape index (κ1) is 11.6. The smallest absolute Gasteiger partial charge is 0.0460 e. The Morgan fingerprint density at radius 2 is 2.00 bits per heavy atom. The lowest BCUT2D eigenvalue weighted by Gasteiger charge is -2.18. The van der Waals surface area contributed by atoms with E-state index in [1.807, 2.05) is 0 Å². The number of hydrogen-bond donors (Lipinski definition) is 1. The van der Waals surface area contributed by atoms with Crippen molar-refractivity contribution in [1.82, 2.24) is 10.3 Å². The standard InChI is InChI=1S/C14H22N2/c1-5-15-12-6-10-8-13(14(2,3)4)16-9-11(10)7-12/h8-9,12,15H,5-7H2,1-4H3. The Morgan fingerprint density at radius 3 is 2.62 bits per heavy atom. The Bertz CT molecular complexity index is 377. The van der Waals surface area contributed by atoms with Gasteiger partial charge in [0, 0.05) is 23.3 Å². The Labute approximate surface area is 98.5 Å². The molecule has 0 aliphatic heterocycles. The van der Waals surface area contributed by atoms with E-state index in [1.54, 1.807) is 0 Å². The van der Waals surface area contributed by atoms with E-state index in [-0.39, 0.29) is 5.41 Å². The molecule has 0 saturated carbocycles. The van der Waals surface area contributed by atoms with E-state index >= 15 is 0 Å². The summed E-state index contributed by atoms with van der Waals surface area (Å²) < 4.78 is 0. The number of rotatable bonds is 2. The molecule has 2 rings (SSSR count). The fourth-order valence-electron chi connectivity index (χ4n) is 2.35. The maximum absolute atomic E-state index is 4.59. The van der Waals surface area contributed by atoms with Gasteiger partial charge < -0.3 is 5.32 Å². The highest BCUT2D eigenvalue weighted by Crippen LogP contribution is 2.27. The van der Waals surface area contributed by atoms with Gasteiger partial charge in [-0.25, -0.2) is 0 Å². The number of pyridine rings is 1. The van der Waals surface area contributed by atoms with Crippen molar-refractivity contribution >= 4 is 0 Å². The minimum atomic E-state index is 0.158. The van der Waals surface area contributed by atoms with Crippen LogP contribution in [0.5, 0.6) is 0 Å². The van der Waals surface area contributed by atoms with Gasteiger partial charge in [0.2, 0.25) is 0 Å². The first-order valence-corrected chi connectivity index (χ1v) is 6.22. The normalized spacial score (nSPS) is 19.9. The summed E-state index contributed by atoms with van der Waals surface area (Å²) in [6.07, 6.45) is 4.38. The zero-order chi connectivity index (χ0) is 11.8. The van der Waals surface area contributed by atoms with Crippen LogP contribution in [0.15, 0.2) is 12.3 Å². The van der Waals surface area contributed by atoms with Gasteiger partial charge in [-0.05, 0) is 36.6 Å². The molecule has 1 heterocycles. The van der Waals surface area contributed by atoms with Gasteiger partial charge in [0.15, 0.2) is 0 Å². The molecule has 1 aliphatic rings. The van der Waals surface area contributed by atoms with E-state index in [9.17, 15) is 0 Å². The molecule has 0 bridgehead atoms. The maximum atomic E-state index is 4.59. The van der Waals surface area contributed by atoms with Gasteiger partial charge >= 0.3 is 0 Å². The minimum Gasteiger partial charge on any atom is -0.314 e. The second kappa shape index (κ2) is 4.17. The van der Waals surface area contributed by atoms with Gasteiger partial charge in [-0.3, -0.25) is 4.98 Å². The van der Waals surface area contributed by atoms with Crippen molar-refractivity contribution in [3.63, 3.8) is 0 Å². The molecule has 0 spiro atoms. The molecule has 88 valence electrons. The number of fused-ring (bicyclic) bond motifs is 1. The zero-order valence-electron chi connectivity index (χ0n) is 10.8. The first-order valence-electron chi connectivity index (χ1n) is 6.22. The molecule has 0 fully saturated rings. The second-order valence-corrected chi connectivity index (χ2v) is 5.75. The third-order valence-electron chi connectivity index (χ3n) is 3.28. The predicted molar refractivity (Wildman–Crippen MR) is 67.8 cm³/mol. The van der Waals surface area contributed by atoms with Crippen LogP contribution in [0.1, 0.15) is 44.5 Å². The van der Waals surface area contributed by atoms with Crippen molar-refractivity contribution in [2.24, 2.45) is 0 Å². The molecule has 1 aromatic rings. The largest absolute Gasteiger partial charge is 0.314 e. The van der Waals surface area contributed by atoms with E-state index in [4.69, 9.17) is 0 Å². The summed E-state index contributed by atoms with van der Waals surface area (Å²) in [5.74, 6) is 0. The number of likely N-dealkylation sites (N-methyl/N-ethyl adjacent to an activating group) is 1. The molecule has 0 saturated heterocycles.